The number of nitriles is 1. The molecule has 0 saturated carbocycles. The Balaban J connectivity index is 2.40. The quantitative estimate of drug-likeness (QED) is 0.799. The van der Waals surface area contributed by atoms with E-state index in [1.165, 1.54) is 12.1 Å². The van der Waals surface area contributed by atoms with Crippen molar-refractivity contribution in [2.24, 2.45) is 0 Å². The van der Waals surface area contributed by atoms with E-state index in [4.69, 9.17) is 11.0 Å². The van der Waals surface area contributed by atoms with E-state index >= 15 is 0 Å². The summed E-state index contributed by atoms with van der Waals surface area (Å²) in [4.78, 5) is 0. The number of benzene rings is 2. The van der Waals surface area contributed by atoms with E-state index in [-0.39, 0.29) is 11.4 Å². The van der Waals surface area contributed by atoms with Crippen molar-refractivity contribution in [1.29, 1.82) is 5.26 Å². The number of nitrogen functional groups attached to an aromatic ring is 1. The van der Waals surface area contributed by atoms with Crippen molar-refractivity contribution in [2.75, 3.05) is 11.1 Å². The molecular formula is C13H9F2N3. The van der Waals surface area contributed by atoms with Crippen LogP contribution in [0.3, 0.4) is 0 Å². The van der Waals surface area contributed by atoms with E-state index in [1.807, 2.05) is 6.07 Å². The molecule has 18 heavy (non-hydrogen) atoms. The van der Waals surface area contributed by atoms with Crippen molar-refractivity contribution in [3.8, 4) is 6.07 Å². The highest BCUT2D eigenvalue weighted by atomic mass is 19.2. The summed E-state index contributed by atoms with van der Waals surface area (Å²) in [5.74, 6) is -2.03. The fraction of sp³-hybridized carbons (Fsp3) is 0. The van der Waals surface area contributed by atoms with Gasteiger partial charge in [0.15, 0.2) is 11.6 Å². The van der Waals surface area contributed by atoms with Crippen molar-refractivity contribution >= 4 is 17.1 Å². The number of hydrogen-bond donors (Lipinski definition) is 2. The zero-order valence-electron chi connectivity index (χ0n) is 9.24. The molecule has 0 aliphatic rings. The van der Waals surface area contributed by atoms with Crippen LogP contribution in [0.5, 0.6) is 0 Å². The monoisotopic (exact) mass is 245 g/mol. The van der Waals surface area contributed by atoms with Crippen LogP contribution in [0.15, 0.2) is 36.4 Å². The third-order valence-corrected chi connectivity index (χ3v) is 2.39. The summed E-state index contributed by atoms with van der Waals surface area (Å²) < 4.78 is 26.6. The highest BCUT2D eigenvalue weighted by Crippen LogP contribution is 2.28. The maximum Gasteiger partial charge on any atom is 0.184 e. The highest BCUT2D eigenvalue weighted by molar-refractivity contribution is 5.73. The summed E-state index contributed by atoms with van der Waals surface area (Å²) >= 11 is 0. The zero-order chi connectivity index (χ0) is 13.1. The van der Waals surface area contributed by atoms with Crippen molar-refractivity contribution in [2.45, 2.75) is 0 Å². The minimum atomic E-state index is -1.04. The van der Waals surface area contributed by atoms with E-state index in [0.717, 1.165) is 6.07 Å². The van der Waals surface area contributed by atoms with Gasteiger partial charge in [0.1, 0.15) is 5.69 Å². The average Bonchev–Trinajstić information content (AvgIpc) is 2.39. The molecule has 0 spiro atoms. The first kappa shape index (κ1) is 11.9. The summed E-state index contributed by atoms with van der Waals surface area (Å²) in [5.41, 5.74) is 6.41. The Kier molecular flexibility index (Phi) is 3.11. The predicted octanol–water partition coefficient (Wildman–Crippen LogP) is 3.16. The Morgan fingerprint density at radius 2 is 1.94 bits per heavy atom. The van der Waals surface area contributed by atoms with Gasteiger partial charge in [-0.2, -0.15) is 5.26 Å². The van der Waals surface area contributed by atoms with E-state index in [9.17, 15) is 8.78 Å². The molecule has 0 aliphatic carbocycles. The van der Waals surface area contributed by atoms with E-state index in [2.05, 4.69) is 5.32 Å². The predicted molar refractivity (Wildman–Crippen MR) is 65.2 cm³/mol. The normalized spacial score (nSPS) is 9.83. The standard InChI is InChI=1S/C13H9F2N3/c14-10-4-5-11(17)13(12(10)15)18-9-3-1-2-8(6-9)7-16/h1-6,18H,17H2. The smallest absolute Gasteiger partial charge is 0.184 e. The van der Waals surface area contributed by atoms with E-state index in [0.29, 0.717) is 11.3 Å². The summed E-state index contributed by atoms with van der Waals surface area (Å²) in [6, 6.07) is 10.6. The largest absolute Gasteiger partial charge is 0.397 e. The van der Waals surface area contributed by atoms with Gasteiger partial charge in [0.25, 0.3) is 0 Å². The summed E-state index contributed by atoms with van der Waals surface area (Å²) in [7, 11) is 0. The van der Waals surface area contributed by atoms with Crippen LogP contribution in [-0.4, -0.2) is 0 Å². The van der Waals surface area contributed by atoms with E-state index < -0.39 is 11.6 Å². The second kappa shape index (κ2) is 4.72. The van der Waals surface area contributed by atoms with Gasteiger partial charge in [0.05, 0.1) is 17.3 Å². The lowest BCUT2D eigenvalue weighted by Gasteiger charge is -2.10. The van der Waals surface area contributed by atoms with Crippen molar-refractivity contribution in [3.05, 3.63) is 53.6 Å². The lowest BCUT2D eigenvalue weighted by molar-refractivity contribution is 0.512. The minimum absolute atomic E-state index is 0.0938. The summed E-state index contributed by atoms with van der Waals surface area (Å²) in [6.45, 7) is 0. The first-order valence-corrected chi connectivity index (χ1v) is 5.12. The molecule has 2 rings (SSSR count). The molecule has 0 fully saturated rings. The molecule has 2 aromatic carbocycles. The molecule has 0 amide bonds. The topological polar surface area (TPSA) is 61.8 Å². The molecule has 3 N–H and O–H groups in total. The Hall–Kier alpha value is -2.61. The van der Waals surface area contributed by atoms with Crippen LogP contribution >= 0.6 is 0 Å². The van der Waals surface area contributed by atoms with Gasteiger partial charge < -0.3 is 11.1 Å². The van der Waals surface area contributed by atoms with Gasteiger partial charge >= 0.3 is 0 Å². The minimum Gasteiger partial charge on any atom is -0.397 e. The molecule has 3 nitrogen and oxygen atoms in total. The van der Waals surface area contributed by atoms with Crippen LogP contribution in [0.1, 0.15) is 5.56 Å². The molecule has 0 aliphatic heterocycles. The van der Waals surface area contributed by atoms with Crippen LogP contribution < -0.4 is 11.1 Å². The Bertz CT molecular complexity index is 633. The molecule has 2 aromatic rings. The highest BCUT2D eigenvalue weighted by Gasteiger charge is 2.12. The average molecular weight is 245 g/mol. The fourth-order valence-electron chi connectivity index (χ4n) is 1.50. The number of halogens is 2. The lowest BCUT2D eigenvalue weighted by Crippen LogP contribution is -2.01. The second-order valence-corrected chi connectivity index (χ2v) is 3.64. The number of rotatable bonds is 2. The third-order valence-electron chi connectivity index (χ3n) is 2.39. The summed E-state index contributed by atoms with van der Waals surface area (Å²) in [6.07, 6.45) is 0. The number of anilines is 3. The summed E-state index contributed by atoms with van der Waals surface area (Å²) in [5, 5.41) is 11.4. The Morgan fingerprint density at radius 1 is 1.17 bits per heavy atom. The molecule has 0 saturated heterocycles. The number of hydrogen-bond acceptors (Lipinski definition) is 3. The van der Waals surface area contributed by atoms with Gasteiger partial charge in [-0.05, 0) is 30.3 Å². The van der Waals surface area contributed by atoms with Gasteiger partial charge in [0.2, 0.25) is 0 Å². The maximum absolute atomic E-state index is 13.5. The van der Waals surface area contributed by atoms with Crippen LogP contribution in [-0.2, 0) is 0 Å². The first-order valence-electron chi connectivity index (χ1n) is 5.12. The molecule has 0 aromatic heterocycles. The van der Waals surface area contributed by atoms with Crippen LogP contribution in [0, 0.1) is 23.0 Å². The fourth-order valence-corrected chi connectivity index (χ4v) is 1.50. The number of nitrogens with two attached hydrogens (primary N) is 1. The van der Waals surface area contributed by atoms with Gasteiger partial charge in [-0.15, -0.1) is 0 Å². The lowest BCUT2D eigenvalue weighted by atomic mass is 10.2. The second-order valence-electron chi connectivity index (χ2n) is 3.64. The van der Waals surface area contributed by atoms with Crippen molar-refractivity contribution in [3.63, 3.8) is 0 Å². The number of nitrogens with zero attached hydrogens (tertiary/aromatic N) is 1. The molecule has 90 valence electrons. The Morgan fingerprint density at radius 3 is 2.67 bits per heavy atom. The van der Waals surface area contributed by atoms with Crippen LogP contribution in [0.25, 0.3) is 0 Å². The van der Waals surface area contributed by atoms with Gasteiger partial charge in [-0.3, -0.25) is 0 Å². The molecule has 0 bridgehead atoms. The SMILES string of the molecule is N#Cc1cccc(Nc2c(N)ccc(F)c2F)c1. The van der Waals surface area contributed by atoms with Gasteiger partial charge in [-0.25, -0.2) is 8.78 Å². The first-order chi connectivity index (χ1) is 8.61. The molecule has 0 heterocycles. The van der Waals surface area contributed by atoms with E-state index in [1.54, 1.807) is 18.2 Å². The maximum atomic E-state index is 13.5. The molecule has 5 heteroatoms. The van der Waals surface area contributed by atoms with Crippen LogP contribution in [0.4, 0.5) is 25.8 Å². The Labute approximate surface area is 102 Å². The van der Waals surface area contributed by atoms with Crippen molar-refractivity contribution in [1.82, 2.24) is 0 Å². The molecule has 0 unspecified atom stereocenters. The van der Waals surface area contributed by atoms with Crippen LogP contribution in [0.2, 0.25) is 0 Å². The number of nitrogens with one attached hydrogen (secondary N) is 1. The van der Waals surface area contributed by atoms with Gasteiger partial charge in [0, 0.05) is 5.69 Å². The van der Waals surface area contributed by atoms with Gasteiger partial charge in [-0.1, -0.05) is 6.07 Å². The van der Waals surface area contributed by atoms with Crippen molar-refractivity contribution < 1.29 is 8.78 Å². The third kappa shape index (κ3) is 2.23. The molecule has 0 radical (unpaired) electrons. The zero-order valence-corrected chi connectivity index (χ0v) is 9.24. The molecular weight excluding hydrogens is 236 g/mol. The molecule has 0 atom stereocenters.